The molecule has 1 atom stereocenters. The van der Waals surface area contributed by atoms with Gasteiger partial charge in [-0.25, -0.2) is 0 Å². The van der Waals surface area contributed by atoms with Crippen molar-refractivity contribution < 1.29 is 4.74 Å². The molecule has 1 saturated heterocycles. The number of guanidine groups is 1. The molecule has 1 unspecified atom stereocenters. The predicted octanol–water partition coefficient (Wildman–Crippen LogP) is 1.71. The zero-order valence-electron chi connectivity index (χ0n) is 13.4. The molecular weight excluding hydrogens is 391 g/mol. The van der Waals surface area contributed by atoms with Crippen molar-refractivity contribution in [1.82, 2.24) is 10.2 Å². The van der Waals surface area contributed by atoms with E-state index in [1.54, 1.807) is 7.11 Å². The zero-order chi connectivity index (χ0) is 15.1. The smallest absolute Gasteiger partial charge is 0.188 e. The highest BCUT2D eigenvalue weighted by Crippen LogP contribution is 2.14. The normalized spacial score (nSPS) is 18.8. The first-order chi connectivity index (χ1) is 10.2. The van der Waals surface area contributed by atoms with Gasteiger partial charge in [0, 0.05) is 19.6 Å². The fraction of sp³-hybridized carbons (Fsp3) is 0.562. The largest absolute Gasteiger partial charge is 0.497 e. The average molecular weight is 418 g/mol. The fourth-order valence-electron chi connectivity index (χ4n) is 2.59. The van der Waals surface area contributed by atoms with Crippen LogP contribution in [0, 0.1) is 5.92 Å². The maximum Gasteiger partial charge on any atom is 0.188 e. The van der Waals surface area contributed by atoms with E-state index in [1.165, 1.54) is 18.5 Å². The zero-order valence-corrected chi connectivity index (χ0v) is 15.7. The lowest BCUT2D eigenvalue weighted by Gasteiger charge is -2.09. The second kappa shape index (κ2) is 9.89. The summed E-state index contributed by atoms with van der Waals surface area (Å²) in [7, 11) is 3.83. The molecule has 1 aliphatic heterocycles. The lowest BCUT2D eigenvalue weighted by molar-refractivity contribution is 0.397. The molecule has 1 aliphatic rings. The summed E-state index contributed by atoms with van der Waals surface area (Å²) >= 11 is 0. The second-order valence-electron chi connectivity index (χ2n) is 5.67. The Labute approximate surface area is 150 Å². The molecule has 0 bridgehead atoms. The Kier molecular flexibility index (Phi) is 8.55. The molecule has 0 amide bonds. The van der Waals surface area contributed by atoms with Crippen LogP contribution in [0.15, 0.2) is 29.3 Å². The van der Waals surface area contributed by atoms with Gasteiger partial charge in [0.25, 0.3) is 0 Å². The van der Waals surface area contributed by atoms with Crippen LogP contribution in [-0.2, 0) is 6.42 Å². The SMILES string of the molecule is COc1ccc(CCNC(N)=NCC2CCN(C)C2)cc1.I. The van der Waals surface area contributed by atoms with E-state index in [9.17, 15) is 0 Å². The van der Waals surface area contributed by atoms with Gasteiger partial charge in [-0.15, -0.1) is 24.0 Å². The molecule has 124 valence electrons. The quantitative estimate of drug-likeness (QED) is 0.420. The number of hydrogen-bond donors (Lipinski definition) is 2. The number of rotatable bonds is 6. The number of aliphatic imine (C=N–C) groups is 1. The third kappa shape index (κ3) is 6.39. The Bertz CT molecular complexity index is 464. The molecule has 1 aromatic carbocycles. The lowest BCUT2D eigenvalue weighted by Crippen LogP contribution is -2.33. The number of benzene rings is 1. The fourth-order valence-corrected chi connectivity index (χ4v) is 2.59. The van der Waals surface area contributed by atoms with Crippen molar-refractivity contribution in [2.45, 2.75) is 12.8 Å². The van der Waals surface area contributed by atoms with Gasteiger partial charge >= 0.3 is 0 Å². The summed E-state index contributed by atoms with van der Waals surface area (Å²) in [5.74, 6) is 2.09. The van der Waals surface area contributed by atoms with Crippen LogP contribution in [0.2, 0.25) is 0 Å². The lowest BCUT2D eigenvalue weighted by atomic mass is 10.1. The van der Waals surface area contributed by atoms with E-state index >= 15 is 0 Å². The molecule has 0 aliphatic carbocycles. The minimum Gasteiger partial charge on any atom is -0.497 e. The van der Waals surface area contributed by atoms with Gasteiger partial charge in [0.05, 0.1) is 7.11 Å². The monoisotopic (exact) mass is 418 g/mol. The maximum atomic E-state index is 5.90. The summed E-state index contributed by atoms with van der Waals surface area (Å²) < 4.78 is 5.14. The number of likely N-dealkylation sites (tertiary alicyclic amines) is 1. The number of hydrogen-bond acceptors (Lipinski definition) is 3. The first kappa shape index (κ1) is 19.0. The van der Waals surface area contributed by atoms with Gasteiger partial charge in [-0.3, -0.25) is 4.99 Å². The van der Waals surface area contributed by atoms with Crippen LogP contribution in [-0.4, -0.2) is 51.2 Å². The van der Waals surface area contributed by atoms with Crippen LogP contribution in [0.1, 0.15) is 12.0 Å². The van der Waals surface area contributed by atoms with Crippen molar-refractivity contribution in [2.24, 2.45) is 16.6 Å². The molecule has 1 aromatic rings. The maximum absolute atomic E-state index is 5.90. The van der Waals surface area contributed by atoms with Gasteiger partial charge < -0.3 is 20.7 Å². The minimum atomic E-state index is 0. The van der Waals surface area contributed by atoms with E-state index in [0.29, 0.717) is 11.9 Å². The van der Waals surface area contributed by atoms with Gasteiger partial charge in [-0.2, -0.15) is 0 Å². The molecule has 0 spiro atoms. The van der Waals surface area contributed by atoms with Gasteiger partial charge in [0.2, 0.25) is 0 Å². The Balaban J connectivity index is 0.00000242. The van der Waals surface area contributed by atoms with Crippen LogP contribution >= 0.6 is 24.0 Å². The van der Waals surface area contributed by atoms with E-state index in [0.717, 1.165) is 31.8 Å². The molecular formula is C16H27IN4O. The summed E-state index contributed by atoms with van der Waals surface area (Å²) in [5.41, 5.74) is 7.16. The summed E-state index contributed by atoms with van der Waals surface area (Å²) in [6.45, 7) is 3.92. The molecule has 22 heavy (non-hydrogen) atoms. The van der Waals surface area contributed by atoms with E-state index in [2.05, 4.69) is 34.4 Å². The van der Waals surface area contributed by atoms with Crippen LogP contribution in [0.4, 0.5) is 0 Å². The summed E-state index contributed by atoms with van der Waals surface area (Å²) in [5, 5.41) is 3.18. The van der Waals surface area contributed by atoms with E-state index in [4.69, 9.17) is 10.5 Å². The van der Waals surface area contributed by atoms with Crippen LogP contribution in [0.25, 0.3) is 0 Å². The van der Waals surface area contributed by atoms with Crippen molar-refractivity contribution in [3.8, 4) is 5.75 Å². The second-order valence-corrected chi connectivity index (χ2v) is 5.67. The number of ether oxygens (including phenoxy) is 1. The van der Waals surface area contributed by atoms with Gasteiger partial charge in [-0.05, 0) is 50.0 Å². The Morgan fingerprint density at radius 2 is 2.14 bits per heavy atom. The van der Waals surface area contributed by atoms with Crippen molar-refractivity contribution in [1.29, 1.82) is 0 Å². The molecule has 0 aromatic heterocycles. The number of halogens is 1. The molecule has 0 radical (unpaired) electrons. The van der Waals surface area contributed by atoms with E-state index in [1.807, 2.05) is 12.1 Å². The first-order valence-corrected chi connectivity index (χ1v) is 7.52. The van der Waals surface area contributed by atoms with Crippen molar-refractivity contribution in [3.05, 3.63) is 29.8 Å². The first-order valence-electron chi connectivity index (χ1n) is 7.52. The van der Waals surface area contributed by atoms with Crippen LogP contribution < -0.4 is 15.8 Å². The van der Waals surface area contributed by atoms with Crippen LogP contribution in [0.3, 0.4) is 0 Å². The number of methoxy groups -OCH3 is 1. The van der Waals surface area contributed by atoms with Gasteiger partial charge in [0.1, 0.15) is 5.75 Å². The third-order valence-corrected chi connectivity index (χ3v) is 3.89. The molecule has 0 saturated carbocycles. The van der Waals surface area contributed by atoms with Crippen LogP contribution in [0.5, 0.6) is 5.75 Å². The molecule has 5 nitrogen and oxygen atoms in total. The Morgan fingerprint density at radius 1 is 1.41 bits per heavy atom. The van der Waals surface area contributed by atoms with E-state index < -0.39 is 0 Å². The van der Waals surface area contributed by atoms with Gasteiger partial charge in [-0.1, -0.05) is 12.1 Å². The third-order valence-electron chi connectivity index (χ3n) is 3.89. The Hall–Kier alpha value is -1.02. The van der Waals surface area contributed by atoms with E-state index in [-0.39, 0.29) is 24.0 Å². The van der Waals surface area contributed by atoms with Crippen molar-refractivity contribution in [2.75, 3.05) is 40.3 Å². The van der Waals surface area contributed by atoms with Crippen molar-refractivity contribution >= 4 is 29.9 Å². The number of nitrogens with two attached hydrogens (primary N) is 1. The topological polar surface area (TPSA) is 62.9 Å². The average Bonchev–Trinajstić information content (AvgIpc) is 2.91. The number of nitrogens with zero attached hydrogens (tertiary/aromatic N) is 2. The molecule has 1 heterocycles. The summed E-state index contributed by atoms with van der Waals surface area (Å²) in [6, 6.07) is 8.09. The summed E-state index contributed by atoms with van der Waals surface area (Å²) in [6.07, 6.45) is 2.14. The molecule has 6 heteroatoms. The highest BCUT2D eigenvalue weighted by Gasteiger charge is 2.18. The Morgan fingerprint density at radius 3 is 2.73 bits per heavy atom. The molecule has 2 rings (SSSR count). The highest BCUT2D eigenvalue weighted by molar-refractivity contribution is 14.0. The standard InChI is InChI=1S/C16H26N4O.HI/c1-20-10-8-14(12-20)11-19-16(17)18-9-7-13-3-5-15(21-2)6-4-13;/h3-6,14H,7-12H2,1-2H3,(H3,17,18,19);1H. The highest BCUT2D eigenvalue weighted by atomic mass is 127. The van der Waals surface area contributed by atoms with Crippen molar-refractivity contribution in [3.63, 3.8) is 0 Å². The molecule has 1 fully saturated rings. The minimum absolute atomic E-state index is 0. The number of nitrogens with one attached hydrogen (secondary N) is 1. The van der Waals surface area contributed by atoms with Gasteiger partial charge in [0.15, 0.2) is 5.96 Å². The molecule has 3 N–H and O–H groups in total. The summed E-state index contributed by atoms with van der Waals surface area (Å²) in [4.78, 5) is 6.78. The predicted molar refractivity (Wildman–Crippen MR) is 102 cm³/mol.